The van der Waals surface area contributed by atoms with Crippen LogP contribution >= 0.6 is 0 Å². The van der Waals surface area contributed by atoms with Crippen molar-refractivity contribution in [2.75, 3.05) is 0 Å². The van der Waals surface area contributed by atoms with E-state index in [0.29, 0.717) is 25.9 Å². The van der Waals surface area contributed by atoms with Gasteiger partial charge < -0.3 is 4.57 Å². The quantitative estimate of drug-likeness (QED) is 0.802. The fourth-order valence-corrected chi connectivity index (χ4v) is 2.65. The van der Waals surface area contributed by atoms with Crippen molar-refractivity contribution in [1.82, 2.24) is 9.13 Å². The molecule has 104 valence electrons. The number of hydrogen-bond donors (Lipinski definition) is 0. The van der Waals surface area contributed by atoms with Crippen LogP contribution in [-0.4, -0.2) is 14.9 Å². The third-order valence-corrected chi connectivity index (χ3v) is 3.74. The van der Waals surface area contributed by atoms with E-state index in [0.717, 1.165) is 19.3 Å². The summed E-state index contributed by atoms with van der Waals surface area (Å²) in [7, 11) is 0. The van der Waals surface area contributed by atoms with Crippen LogP contribution in [0.2, 0.25) is 0 Å². The predicted molar refractivity (Wildman–Crippen MR) is 72.2 cm³/mol. The van der Waals surface area contributed by atoms with Gasteiger partial charge in [0.1, 0.15) is 5.78 Å². The summed E-state index contributed by atoms with van der Waals surface area (Å²) >= 11 is 0. The van der Waals surface area contributed by atoms with E-state index in [1.807, 2.05) is 6.92 Å². The lowest BCUT2D eigenvalue weighted by molar-refractivity contribution is -0.120. The first-order chi connectivity index (χ1) is 9.13. The number of Topliss-reactive ketones (excluding diaryl/α,β-unsaturated/α-hetero) is 1. The third-order valence-electron chi connectivity index (χ3n) is 3.74. The molecule has 1 aliphatic carbocycles. The maximum Gasteiger partial charge on any atom is 0.330 e. The smallest absolute Gasteiger partial charge is 0.300 e. The Morgan fingerprint density at radius 2 is 2.05 bits per heavy atom. The lowest BCUT2D eigenvalue weighted by Gasteiger charge is -2.11. The molecular weight excluding hydrogens is 244 g/mol. The van der Waals surface area contributed by atoms with Gasteiger partial charge in [-0.2, -0.15) is 0 Å². The van der Waals surface area contributed by atoms with Crippen molar-refractivity contribution in [2.24, 2.45) is 5.92 Å². The monoisotopic (exact) mass is 264 g/mol. The Kier molecular flexibility index (Phi) is 4.35. The molecule has 1 fully saturated rings. The van der Waals surface area contributed by atoms with Gasteiger partial charge in [0, 0.05) is 37.7 Å². The number of carbonyl (C=O) groups excluding carboxylic acids is 1. The molecule has 19 heavy (non-hydrogen) atoms. The first kappa shape index (κ1) is 13.8. The lowest BCUT2D eigenvalue weighted by Crippen LogP contribution is -2.39. The second-order valence-electron chi connectivity index (χ2n) is 5.13. The molecule has 5 nitrogen and oxygen atoms in total. The van der Waals surface area contributed by atoms with Gasteiger partial charge in [-0.1, -0.05) is 6.92 Å². The molecule has 0 N–H and O–H groups in total. The normalized spacial score (nSPS) is 19.0. The van der Waals surface area contributed by atoms with Gasteiger partial charge in [0.25, 0.3) is 5.56 Å². The summed E-state index contributed by atoms with van der Waals surface area (Å²) in [4.78, 5) is 35.4. The molecule has 1 aliphatic rings. The van der Waals surface area contributed by atoms with Crippen molar-refractivity contribution >= 4 is 5.78 Å². The fourth-order valence-electron chi connectivity index (χ4n) is 2.65. The molecule has 0 spiro atoms. The highest BCUT2D eigenvalue weighted by atomic mass is 16.2. The minimum atomic E-state index is -0.275. The van der Waals surface area contributed by atoms with Crippen molar-refractivity contribution in [3.63, 3.8) is 0 Å². The number of carbonyl (C=O) groups is 1. The van der Waals surface area contributed by atoms with Crippen molar-refractivity contribution < 1.29 is 4.79 Å². The minimum absolute atomic E-state index is 0.0335. The first-order valence-electron chi connectivity index (χ1n) is 6.96. The lowest BCUT2D eigenvalue weighted by atomic mass is 10.0. The molecule has 0 saturated heterocycles. The molecule has 1 saturated carbocycles. The van der Waals surface area contributed by atoms with Gasteiger partial charge in [0.2, 0.25) is 0 Å². The van der Waals surface area contributed by atoms with Crippen molar-refractivity contribution in [3.05, 3.63) is 33.1 Å². The molecule has 2 rings (SSSR count). The SMILES string of the molecule is CCCn1ccc(=O)n(CCC2CCCC2=O)c1=O. The summed E-state index contributed by atoms with van der Waals surface area (Å²) in [6, 6.07) is 1.42. The maximum atomic E-state index is 12.1. The van der Waals surface area contributed by atoms with Crippen LogP contribution in [-0.2, 0) is 17.9 Å². The number of aromatic nitrogens is 2. The Balaban J connectivity index is 2.15. The second kappa shape index (κ2) is 5.99. The van der Waals surface area contributed by atoms with Gasteiger partial charge >= 0.3 is 5.69 Å². The van der Waals surface area contributed by atoms with E-state index in [1.54, 1.807) is 10.8 Å². The third kappa shape index (κ3) is 3.03. The Morgan fingerprint density at radius 1 is 1.26 bits per heavy atom. The van der Waals surface area contributed by atoms with Gasteiger partial charge in [-0.25, -0.2) is 4.79 Å². The number of ketones is 1. The van der Waals surface area contributed by atoms with Crippen LogP contribution in [0.5, 0.6) is 0 Å². The molecule has 1 aromatic heterocycles. The van der Waals surface area contributed by atoms with Gasteiger partial charge in [0.05, 0.1) is 0 Å². The molecule has 0 radical (unpaired) electrons. The van der Waals surface area contributed by atoms with Gasteiger partial charge in [-0.15, -0.1) is 0 Å². The standard InChI is InChI=1S/C14H20N2O3/c1-2-8-15-9-7-13(18)16(14(15)19)10-6-11-4-3-5-12(11)17/h7,9,11H,2-6,8,10H2,1H3. The van der Waals surface area contributed by atoms with Gasteiger partial charge in [0.15, 0.2) is 0 Å². The van der Waals surface area contributed by atoms with E-state index in [4.69, 9.17) is 0 Å². The Labute approximate surface area is 111 Å². The predicted octanol–water partition coefficient (Wildman–Crippen LogP) is 1.18. The van der Waals surface area contributed by atoms with Crippen LogP contribution in [0.1, 0.15) is 39.0 Å². The summed E-state index contributed by atoms with van der Waals surface area (Å²) in [5.74, 6) is 0.309. The number of rotatable bonds is 5. The molecule has 5 heteroatoms. The highest BCUT2D eigenvalue weighted by Crippen LogP contribution is 2.24. The van der Waals surface area contributed by atoms with Crippen molar-refractivity contribution in [3.8, 4) is 0 Å². The van der Waals surface area contributed by atoms with Crippen molar-refractivity contribution in [2.45, 2.75) is 52.1 Å². The molecule has 0 aliphatic heterocycles. The average molecular weight is 264 g/mol. The molecule has 1 heterocycles. The largest absolute Gasteiger partial charge is 0.330 e. The highest BCUT2D eigenvalue weighted by Gasteiger charge is 2.24. The highest BCUT2D eigenvalue weighted by molar-refractivity contribution is 5.82. The first-order valence-corrected chi connectivity index (χ1v) is 6.96. The summed E-state index contributed by atoms with van der Waals surface area (Å²) in [6.07, 6.45) is 5.47. The number of hydrogen-bond acceptors (Lipinski definition) is 3. The Bertz CT molecular complexity index is 571. The number of nitrogens with zero attached hydrogens (tertiary/aromatic N) is 2. The van der Waals surface area contributed by atoms with Gasteiger partial charge in [-0.05, 0) is 25.7 Å². The van der Waals surface area contributed by atoms with Crippen molar-refractivity contribution in [1.29, 1.82) is 0 Å². The zero-order valence-corrected chi connectivity index (χ0v) is 11.3. The van der Waals surface area contributed by atoms with E-state index in [2.05, 4.69) is 0 Å². The molecule has 0 amide bonds. The van der Waals surface area contributed by atoms with E-state index in [1.165, 1.54) is 10.6 Å². The molecule has 0 aromatic carbocycles. The molecular formula is C14H20N2O3. The van der Waals surface area contributed by atoms with E-state index >= 15 is 0 Å². The van der Waals surface area contributed by atoms with E-state index in [-0.39, 0.29) is 23.0 Å². The van der Waals surface area contributed by atoms with Crippen LogP contribution in [0, 0.1) is 5.92 Å². The molecule has 0 bridgehead atoms. The van der Waals surface area contributed by atoms with Crippen LogP contribution in [0.15, 0.2) is 21.9 Å². The summed E-state index contributed by atoms with van der Waals surface area (Å²) in [6.45, 7) is 2.94. The summed E-state index contributed by atoms with van der Waals surface area (Å²) < 4.78 is 2.80. The minimum Gasteiger partial charge on any atom is -0.300 e. The van der Waals surface area contributed by atoms with Crippen LogP contribution in [0.4, 0.5) is 0 Å². The molecule has 1 unspecified atom stereocenters. The second-order valence-corrected chi connectivity index (χ2v) is 5.13. The topological polar surface area (TPSA) is 61.1 Å². The number of aryl methyl sites for hydroxylation is 1. The van der Waals surface area contributed by atoms with E-state index < -0.39 is 0 Å². The van der Waals surface area contributed by atoms with E-state index in [9.17, 15) is 14.4 Å². The Morgan fingerprint density at radius 3 is 2.68 bits per heavy atom. The van der Waals surface area contributed by atoms with Crippen LogP contribution < -0.4 is 11.2 Å². The Hall–Kier alpha value is -1.65. The van der Waals surface area contributed by atoms with Gasteiger partial charge in [-0.3, -0.25) is 14.2 Å². The maximum absolute atomic E-state index is 12.1. The fraction of sp³-hybridized carbons (Fsp3) is 0.643. The zero-order valence-electron chi connectivity index (χ0n) is 11.3. The van der Waals surface area contributed by atoms with Crippen LogP contribution in [0.3, 0.4) is 0 Å². The summed E-state index contributed by atoms with van der Waals surface area (Å²) in [5, 5.41) is 0. The van der Waals surface area contributed by atoms with Crippen LogP contribution in [0.25, 0.3) is 0 Å². The zero-order chi connectivity index (χ0) is 13.8. The average Bonchev–Trinajstić information content (AvgIpc) is 2.79. The molecule has 1 aromatic rings. The molecule has 1 atom stereocenters. The summed E-state index contributed by atoms with van der Waals surface area (Å²) in [5.41, 5.74) is -0.539.